The van der Waals surface area contributed by atoms with E-state index in [-0.39, 0.29) is 0 Å². The van der Waals surface area contributed by atoms with E-state index in [0.29, 0.717) is 35.3 Å². The molecule has 1 aliphatic rings. The van der Waals surface area contributed by atoms with Crippen molar-refractivity contribution in [3.05, 3.63) is 22.7 Å². The first-order valence-electron chi connectivity index (χ1n) is 4.31. The van der Waals surface area contributed by atoms with Gasteiger partial charge in [-0.15, -0.1) is 0 Å². The summed E-state index contributed by atoms with van der Waals surface area (Å²) in [6, 6.07) is 5.33. The van der Waals surface area contributed by atoms with Gasteiger partial charge in [0.25, 0.3) is 0 Å². The molecule has 0 fully saturated rings. The van der Waals surface area contributed by atoms with Crippen LogP contribution in [-0.4, -0.2) is 13.2 Å². The first-order valence-corrected chi connectivity index (χ1v) is 4.69. The van der Waals surface area contributed by atoms with Gasteiger partial charge in [-0.3, -0.25) is 0 Å². The van der Waals surface area contributed by atoms with Gasteiger partial charge < -0.3 is 9.47 Å². The summed E-state index contributed by atoms with van der Waals surface area (Å²) in [7, 11) is 0. The number of hydrogen-bond acceptors (Lipinski definition) is 3. The summed E-state index contributed by atoms with van der Waals surface area (Å²) in [5.74, 6) is 0.959. The molecule has 0 atom stereocenters. The van der Waals surface area contributed by atoms with Gasteiger partial charge in [-0.05, 0) is 12.1 Å². The molecule has 72 valence electrons. The molecule has 0 aliphatic carbocycles. The summed E-state index contributed by atoms with van der Waals surface area (Å²) in [5, 5.41) is 9.33. The van der Waals surface area contributed by atoms with Crippen LogP contribution in [0.4, 0.5) is 0 Å². The smallest absolute Gasteiger partial charge is 0.181 e. The molecular formula is C10H8ClNO2. The van der Waals surface area contributed by atoms with Crippen molar-refractivity contribution in [3.8, 4) is 17.6 Å². The summed E-state index contributed by atoms with van der Waals surface area (Å²) in [4.78, 5) is 0. The van der Waals surface area contributed by atoms with E-state index in [2.05, 4.69) is 0 Å². The van der Waals surface area contributed by atoms with Gasteiger partial charge in [-0.25, -0.2) is 0 Å². The Morgan fingerprint density at radius 2 is 1.93 bits per heavy atom. The van der Waals surface area contributed by atoms with Crippen LogP contribution in [0, 0.1) is 11.3 Å². The van der Waals surface area contributed by atoms with Crippen molar-refractivity contribution in [2.45, 2.75) is 6.42 Å². The number of hydrogen-bond donors (Lipinski definition) is 0. The standard InChI is InChI=1S/C10H8ClNO2/c11-8-3-2-7(6-12)9-10(8)14-5-1-4-13-9/h2-3H,1,4-5H2. The van der Waals surface area contributed by atoms with Crippen LogP contribution in [0.5, 0.6) is 11.5 Å². The molecule has 1 aliphatic heterocycles. The topological polar surface area (TPSA) is 42.2 Å². The summed E-state index contributed by atoms with van der Waals surface area (Å²) in [5.41, 5.74) is 0.464. The van der Waals surface area contributed by atoms with Crippen molar-refractivity contribution in [2.24, 2.45) is 0 Å². The lowest BCUT2D eigenvalue weighted by Gasteiger charge is -2.09. The van der Waals surface area contributed by atoms with Crippen LogP contribution in [0.15, 0.2) is 12.1 Å². The molecule has 0 amide bonds. The number of nitrogens with zero attached hydrogens (tertiary/aromatic N) is 1. The van der Waals surface area contributed by atoms with E-state index in [1.54, 1.807) is 12.1 Å². The number of nitriles is 1. The van der Waals surface area contributed by atoms with E-state index < -0.39 is 0 Å². The molecule has 0 aromatic heterocycles. The fourth-order valence-electron chi connectivity index (χ4n) is 1.31. The van der Waals surface area contributed by atoms with Crippen molar-refractivity contribution >= 4 is 11.6 Å². The van der Waals surface area contributed by atoms with Crippen molar-refractivity contribution in [2.75, 3.05) is 13.2 Å². The lowest BCUT2D eigenvalue weighted by atomic mass is 10.2. The molecule has 0 N–H and O–H groups in total. The van der Waals surface area contributed by atoms with Crippen LogP contribution in [0.1, 0.15) is 12.0 Å². The molecule has 0 saturated heterocycles. The van der Waals surface area contributed by atoms with Gasteiger partial charge in [0.15, 0.2) is 11.5 Å². The fourth-order valence-corrected chi connectivity index (χ4v) is 1.52. The molecule has 1 aromatic carbocycles. The molecule has 1 heterocycles. The first kappa shape index (κ1) is 9.17. The number of rotatable bonds is 0. The minimum absolute atomic E-state index is 0.464. The second kappa shape index (κ2) is 3.77. The van der Waals surface area contributed by atoms with Gasteiger partial charge in [-0.1, -0.05) is 11.6 Å². The minimum atomic E-state index is 0.464. The quantitative estimate of drug-likeness (QED) is 0.659. The molecule has 4 heteroatoms. The maximum atomic E-state index is 8.85. The van der Waals surface area contributed by atoms with Crippen LogP contribution in [0.25, 0.3) is 0 Å². The molecule has 3 nitrogen and oxygen atoms in total. The number of fused-ring (bicyclic) bond motifs is 1. The molecule has 0 saturated carbocycles. The van der Waals surface area contributed by atoms with Gasteiger partial charge in [0, 0.05) is 6.42 Å². The number of halogens is 1. The zero-order chi connectivity index (χ0) is 9.97. The number of ether oxygens (including phenoxy) is 2. The SMILES string of the molecule is N#Cc1ccc(Cl)c2c1OCCCO2. The van der Waals surface area contributed by atoms with Crippen LogP contribution in [-0.2, 0) is 0 Å². The molecule has 14 heavy (non-hydrogen) atoms. The average Bonchev–Trinajstić information content (AvgIpc) is 2.44. The van der Waals surface area contributed by atoms with E-state index >= 15 is 0 Å². The van der Waals surface area contributed by atoms with Crippen molar-refractivity contribution in [1.82, 2.24) is 0 Å². The van der Waals surface area contributed by atoms with Crippen molar-refractivity contribution in [3.63, 3.8) is 0 Å². The van der Waals surface area contributed by atoms with E-state index in [0.717, 1.165) is 6.42 Å². The lowest BCUT2D eigenvalue weighted by molar-refractivity contribution is 0.296. The molecule has 2 rings (SSSR count). The van der Waals surface area contributed by atoms with E-state index in [1.807, 2.05) is 6.07 Å². The molecule has 0 bridgehead atoms. The van der Waals surface area contributed by atoms with Crippen LogP contribution in [0.3, 0.4) is 0 Å². The summed E-state index contributed by atoms with van der Waals surface area (Å²) < 4.78 is 10.8. The normalized spacial score (nSPS) is 14.3. The van der Waals surface area contributed by atoms with E-state index in [9.17, 15) is 0 Å². The monoisotopic (exact) mass is 209 g/mol. The second-order valence-corrected chi connectivity index (χ2v) is 3.32. The van der Waals surface area contributed by atoms with Crippen LogP contribution >= 0.6 is 11.6 Å². The predicted octanol–water partition coefficient (Wildman–Crippen LogP) is 2.37. The van der Waals surface area contributed by atoms with Crippen molar-refractivity contribution < 1.29 is 9.47 Å². The predicted molar refractivity (Wildman–Crippen MR) is 51.8 cm³/mol. The van der Waals surface area contributed by atoms with Gasteiger partial charge in [0.1, 0.15) is 6.07 Å². The molecule has 0 spiro atoms. The Hall–Kier alpha value is -1.40. The van der Waals surface area contributed by atoms with Crippen molar-refractivity contribution in [1.29, 1.82) is 5.26 Å². The zero-order valence-corrected chi connectivity index (χ0v) is 8.17. The highest BCUT2D eigenvalue weighted by atomic mass is 35.5. The molecule has 0 radical (unpaired) electrons. The second-order valence-electron chi connectivity index (χ2n) is 2.92. The Kier molecular flexibility index (Phi) is 2.47. The third-order valence-electron chi connectivity index (χ3n) is 1.97. The summed E-state index contributed by atoms with van der Waals surface area (Å²) >= 11 is 5.93. The Morgan fingerprint density at radius 3 is 2.64 bits per heavy atom. The Balaban J connectivity index is 2.56. The zero-order valence-electron chi connectivity index (χ0n) is 7.42. The summed E-state index contributed by atoms with van der Waals surface area (Å²) in [6.45, 7) is 1.13. The molecule has 1 aromatic rings. The highest BCUT2D eigenvalue weighted by molar-refractivity contribution is 6.32. The third kappa shape index (κ3) is 1.49. The highest BCUT2D eigenvalue weighted by Crippen LogP contribution is 2.39. The highest BCUT2D eigenvalue weighted by Gasteiger charge is 2.17. The van der Waals surface area contributed by atoms with Crippen LogP contribution in [0.2, 0.25) is 5.02 Å². The average molecular weight is 210 g/mol. The van der Waals surface area contributed by atoms with Gasteiger partial charge in [-0.2, -0.15) is 5.26 Å². The van der Waals surface area contributed by atoms with E-state index in [1.165, 1.54) is 0 Å². The van der Waals surface area contributed by atoms with Crippen LogP contribution < -0.4 is 9.47 Å². The minimum Gasteiger partial charge on any atom is -0.488 e. The third-order valence-corrected chi connectivity index (χ3v) is 2.26. The van der Waals surface area contributed by atoms with E-state index in [4.69, 9.17) is 26.3 Å². The Morgan fingerprint density at radius 1 is 1.21 bits per heavy atom. The van der Waals surface area contributed by atoms with Gasteiger partial charge in [0.05, 0.1) is 23.8 Å². The van der Waals surface area contributed by atoms with Gasteiger partial charge in [0.2, 0.25) is 0 Å². The largest absolute Gasteiger partial charge is 0.488 e. The number of benzene rings is 1. The summed E-state index contributed by atoms with van der Waals surface area (Å²) in [6.07, 6.45) is 0.801. The molecular weight excluding hydrogens is 202 g/mol. The maximum absolute atomic E-state index is 8.85. The Labute approximate surface area is 86.8 Å². The lowest BCUT2D eigenvalue weighted by Crippen LogP contribution is -1.98. The van der Waals surface area contributed by atoms with Gasteiger partial charge >= 0.3 is 0 Å². The molecule has 0 unspecified atom stereocenters. The first-order chi connectivity index (χ1) is 6.83. The maximum Gasteiger partial charge on any atom is 0.181 e. The fraction of sp³-hybridized carbons (Fsp3) is 0.300. The Bertz CT molecular complexity index is 398.